The van der Waals surface area contributed by atoms with Crippen LogP contribution < -0.4 is 0 Å². The van der Waals surface area contributed by atoms with Crippen LogP contribution in [-0.4, -0.2) is 12.6 Å². The number of hydrogen-bond donors (Lipinski definition) is 0. The van der Waals surface area contributed by atoms with Gasteiger partial charge in [0, 0.05) is 0 Å². The third-order valence-corrected chi connectivity index (χ3v) is 2.55. The van der Waals surface area contributed by atoms with Crippen molar-refractivity contribution in [1.82, 2.24) is 0 Å². The van der Waals surface area contributed by atoms with Crippen molar-refractivity contribution >= 4 is 5.97 Å². The smallest absolute Gasteiger partial charge is 0.311 e. The molecular weight excluding hydrogens is 224 g/mol. The molecule has 104 valence electrons. The molecule has 0 unspecified atom stereocenters. The van der Waals surface area contributed by atoms with E-state index in [4.69, 9.17) is 4.74 Å². The van der Waals surface area contributed by atoms with E-state index in [1.165, 1.54) is 11.1 Å². The average molecular weight is 252 g/mol. The lowest BCUT2D eigenvalue weighted by Crippen LogP contribution is -2.23. The summed E-state index contributed by atoms with van der Waals surface area (Å²) in [5, 5.41) is 0. The molecule has 0 aromatic rings. The fourth-order valence-electron chi connectivity index (χ4n) is 1.36. The lowest BCUT2D eigenvalue weighted by Gasteiger charge is -2.16. The highest BCUT2D eigenvalue weighted by Gasteiger charge is 2.22. The number of allylic oxidation sites excluding steroid dienone is 3. The quantitative estimate of drug-likeness (QED) is 0.390. The van der Waals surface area contributed by atoms with Crippen LogP contribution in [0.5, 0.6) is 0 Å². The van der Waals surface area contributed by atoms with Crippen LogP contribution in [0.1, 0.15) is 60.8 Å². The number of rotatable bonds is 6. The van der Waals surface area contributed by atoms with Gasteiger partial charge in [-0.05, 0) is 60.8 Å². The first-order valence-corrected chi connectivity index (χ1v) is 6.69. The maximum Gasteiger partial charge on any atom is 0.311 e. The van der Waals surface area contributed by atoms with E-state index in [-0.39, 0.29) is 5.97 Å². The van der Waals surface area contributed by atoms with Gasteiger partial charge in [0.15, 0.2) is 0 Å². The SMILES string of the molecule is CC(C)=CCC/C(C)=C/CCOC(=O)C(C)(C)C. The van der Waals surface area contributed by atoms with Crippen molar-refractivity contribution < 1.29 is 9.53 Å². The highest BCUT2D eigenvalue weighted by molar-refractivity contribution is 5.75. The Balaban J connectivity index is 3.82. The predicted molar refractivity (Wildman–Crippen MR) is 77.5 cm³/mol. The molecule has 0 aromatic carbocycles. The van der Waals surface area contributed by atoms with Crippen molar-refractivity contribution in [2.75, 3.05) is 6.61 Å². The highest BCUT2D eigenvalue weighted by Crippen LogP contribution is 2.15. The third kappa shape index (κ3) is 9.03. The second-order valence-electron chi connectivity index (χ2n) is 6.05. The molecule has 0 saturated heterocycles. The van der Waals surface area contributed by atoms with Crippen molar-refractivity contribution in [3.63, 3.8) is 0 Å². The Morgan fingerprint density at radius 3 is 2.17 bits per heavy atom. The number of hydrogen-bond acceptors (Lipinski definition) is 2. The zero-order valence-corrected chi connectivity index (χ0v) is 12.8. The van der Waals surface area contributed by atoms with Crippen LogP contribution in [0.2, 0.25) is 0 Å². The Hall–Kier alpha value is -1.05. The molecule has 0 saturated carbocycles. The van der Waals surface area contributed by atoms with E-state index in [0.717, 1.165) is 19.3 Å². The molecule has 0 rings (SSSR count). The van der Waals surface area contributed by atoms with Gasteiger partial charge in [-0.2, -0.15) is 0 Å². The van der Waals surface area contributed by atoms with Crippen molar-refractivity contribution in [3.05, 3.63) is 23.3 Å². The molecule has 18 heavy (non-hydrogen) atoms. The molecule has 0 fully saturated rings. The Morgan fingerprint density at radius 1 is 1.06 bits per heavy atom. The Bertz CT molecular complexity index is 312. The van der Waals surface area contributed by atoms with Gasteiger partial charge in [-0.1, -0.05) is 23.3 Å². The number of carbonyl (C=O) groups excluding carboxylic acids is 1. The van der Waals surface area contributed by atoms with Gasteiger partial charge >= 0.3 is 5.97 Å². The van der Waals surface area contributed by atoms with E-state index < -0.39 is 5.41 Å². The molecule has 0 heterocycles. The summed E-state index contributed by atoms with van der Waals surface area (Å²) in [7, 11) is 0. The normalized spacial score (nSPS) is 12.2. The number of ether oxygens (including phenoxy) is 1. The first kappa shape index (κ1) is 16.9. The lowest BCUT2D eigenvalue weighted by atomic mass is 9.97. The zero-order valence-electron chi connectivity index (χ0n) is 12.8. The van der Waals surface area contributed by atoms with E-state index >= 15 is 0 Å². The zero-order chi connectivity index (χ0) is 14.2. The number of esters is 1. The Morgan fingerprint density at radius 2 is 1.67 bits per heavy atom. The summed E-state index contributed by atoms with van der Waals surface area (Å²) in [6.07, 6.45) is 7.39. The molecule has 0 aromatic heterocycles. The molecule has 0 aliphatic heterocycles. The minimum Gasteiger partial charge on any atom is -0.465 e. The van der Waals surface area contributed by atoms with Gasteiger partial charge in [-0.25, -0.2) is 0 Å². The van der Waals surface area contributed by atoms with Gasteiger partial charge in [-0.15, -0.1) is 0 Å². The minimum absolute atomic E-state index is 0.127. The van der Waals surface area contributed by atoms with Crippen molar-refractivity contribution in [3.8, 4) is 0 Å². The fraction of sp³-hybridized carbons (Fsp3) is 0.688. The van der Waals surface area contributed by atoms with Crippen LogP contribution in [0.3, 0.4) is 0 Å². The van der Waals surface area contributed by atoms with Gasteiger partial charge < -0.3 is 4.74 Å². The molecule has 2 nitrogen and oxygen atoms in total. The van der Waals surface area contributed by atoms with E-state index in [0.29, 0.717) is 6.61 Å². The van der Waals surface area contributed by atoms with Gasteiger partial charge in [0.2, 0.25) is 0 Å². The third-order valence-electron chi connectivity index (χ3n) is 2.55. The number of carbonyl (C=O) groups is 1. The molecule has 0 amide bonds. The van der Waals surface area contributed by atoms with Crippen molar-refractivity contribution in [2.24, 2.45) is 5.41 Å². The summed E-state index contributed by atoms with van der Waals surface area (Å²) in [6.45, 7) is 12.5. The van der Waals surface area contributed by atoms with Gasteiger partial charge in [0.1, 0.15) is 0 Å². The molecule has 0 aliphatic carbocycles. The fourth-order valence-corrected chi connectivity index (χ4v) is 1.36. The van der Waals surface area contributed by atoms with E-state index in [2.05, 4.69) is 32.9 Å². The monoisotopic (exact) mass is 252 g/mol. The summed E-state index contributed by atoms with van der Waals surface area (Å²) in [4.78, 5) is 11.5. The van der Waals surface area contributed by atoms with Crippen molar-refractivity contribution in [1.29, 1.82) is 0 Å². The summed E-state index contributed by atoms with van der Waals surface area (Å²) in [5.74, 6) is -0.127. The standard InChI is InChI=1S/C16H28O2/c1-13(2)9-7-10-14(3)11-8-12-18-15(17)16(4,5)6/h9,11H,7-8,10,12H2,1-6H3/b14-11+. The molecule has 0 atom stereocenters. The summed E-state index contributed by atoms with van der Waals surface area (Å²) < 4.78 is 5.20. The van der Waals surface area contributed by atoms with E-state index in [1.807, 2.05) is 20.8 Å². The summed E-state index contributed by atoms with van der Waals surface area (Å²) in [5.41, 5.74) is 2.32. The van der Waals surface area contributed by atoms with Crippen LogP contribution in [0.15, 0.2) is 23.3 Å². The van der Waals surface area contributed by atoms with Crippen LogP contribution in [-0.2, 0) is 9.53 Å². The molecule has 0 N–H and O–H groups in total. The van der Waals surface area contributed by atoms with Crippen LogP contribution >= 0.6 is 0 Å². The Kier molecular flexibility index (Phi) is 7.65. The van der Waals surface area contributed by atoms with Gasteiger partial charge in [-0.3, -0.25) is 4.79 Å². The Labute approximate surface area is 112 Å². The summed E-state index contributed by atoms with van der Waals surface area (Å²) >= 11 is 0. The van der Waals surface area contributed by atoms with Crippen LogP contribution in [0.4, 0.5) is 0 Å². The second-order valence-corrected chi connectivity index (χ2v) is 6.05. The largest absolute Gasteiger partial charge is 0.465 e. The topological polar surface area (TPSA) is 26.3 Å². The predicted octanol–water partition coefficient (Wildman–Crippen LogP) is 4.66. The minimum atomic E-state index is -0.401. The van der Waals surface area contributed by atoms with E-state index in [1.54, 1.807) is 0 Å². The molecule has 0 radical (unpaired) electrons. The average Bonchev–Trinajstić information content (AvgIpc) is 2.22. The maximum atomic E-state index is 11.5. The van der Waals surface area contributed by atoms with Crippen LogP contribution in [0, 0.1) is 5.41 Å². The van der Waals surface area contributed by atoms with Gasteiger partial charge in [0.25, 0.3) is 0 Å². The molecule has 2 heteroatoms. The molecule has 0 spiro atoms. The highest BCUT2D eigenvalue weighted by atomic mass is 16.5. The van der Waals surface area contributed by atoms with E-state index in [9.17, 15) is 4.79 Å². The summed E-state index contributed by atoms with van der Waals surface area (Å²) in [6, 6.07) is 0. The lowest BCUT2D eigenvalue weighted by molar-refractivity contribution is -0.152. The maximum absolute atomic E-state index is 11.5. The van der Waals surface area contributed by atoms with Crippen LogP contribution in [0.25, 0.3) is 0 Å². The van der Waals surface area contributed by atoms with Gasteiger partial charge in [0.05, 0.1) is 12.0 Å². The van der Waals surface area contributed by atoms with Crippen molar-refractivity contribution in [2.45, 2.75) is 60.8 Å². The second kappa shape index (κ2) is 8.12. The molecule has 0 bridgehead atoms. The molecular formula is C16H28O2. The first-order chi connectivity index (χ1) is 8.23. The molecule has 0 aliphatic rings. The first-order valence-electron chi connectivity index (χ1n) is 6.69.